The van der Waals surface area contributed by atoms with E-state index < -0.39 is 11.7 Å². The molecule has 1 aromatic heterocycles. The van der Waals surface area contributed by atoms with Crippen molar-refractivity contribution in [2.75, 3.05) is 0 Å². The van der Waals surface area contributed by atoms with E-state index in [0.717, 1.165) is 18.9 Å². The second kappa shape index (κ2) is 5.90. The lowest BCUT2D eigenvalue weighted by molar-refractivity contribution is -0.138. The van der Waals surface area contributed by atoms with Crippen molar-refractivity contribution in [3.05, 3.63) is 29.1 Å². The standard InChI is InChI=1S/C14H19F3N2/c1-2-4-13-12(14(15,16)17)8-7-11(19-13)9-18-10-5-3-6-10/h7-8,10,18H,2-6,9H2,1H3. The fourth-order valence-corrected chi connectivity index (χ4v) is 2.19. The number of rotatable bonds is 5. The van der Waals surface area contributed by atoms with E-state index in [1.54, 1.807) is 0 Å². The van der Waals surface area contributed by atoms with E-state index >= 15 is 0 Å². The van der Waals surface area contributed by atoms with Crippen molar-refractivity contribution in [3.8, 4) is 0 Å². The third-order valence-corrected chi connectivity index (χ3v) is 3.50. The van der Waals surface area contributed by atoms with Gasteiger partial charge >= 0.3 is 6.18 Å². The number of hydrogen-bond acceptors (Lipinski definition) is 2. The van der Waals surface area contributed by atoms with Crippen LogP contribution in [-0.4, -0.2) is 11.0 Å². The molecule has 0 bridgehead atoms. The molecule has 1 aliphatic carbocycles. The number of halogens is 3. The van der Waals surface area contributed by atoms with Crippen LogP contribution in [0.1, 0.15) is 49.6 Å². The smallest absolute Gasteiger partial charge is 0.308 e. The summed E-state index contributed by atoms with van der Waals surface area (Å²) in [4.78, 5) is 4.18. The van der Waals surface area contributed by atoms with Gasteiger partial charge in [-0.3, -0.25) is 4.98 Å². The lowest BCUT2D eigenvalue weighted by atomic mass is 9.93. The number of pyridine rings is 1. The molecule has 1 aliphatic rings. The SMILES string of the molecule is CCCc1nc(CNC2CCC2)ccc1C(F)(F)F. The molecule has 0 saturated heterocycles. The lowest BCUT2D eigenvalue weighted by Gasteiger charge is -2.26. The molecule has 0 aromatic carbocycles. The fourth-order valence-electron chi connectivity index (χ4n) is 2.19. The van der Waals surface area contributed by atoms with Crippen LogP contribution in [0.4, 0.5) is 13.2 Å². The molecule has 0 atom stereocenters. The molecule has 2 nitrogen and oxygen atoms in total. The summed E-state index contributed by atoms with van der Waals surface area (Å²) in [5.74, 6) is 0. The Hall–Kier alpha value is -1.10. The number of alkyl halides is 3. The fraction of sp³-hybridized carbons (Fsp3) is 0.643. The Labute approximate surface area is 111 Å². The van der Waals surface area contributed by atoms with Crippen LogP contribution < -0.4 is 5.32 Å². The van der Waals surface area contributed by atoms with Crippen LogP contribution in [0.25, 0.3) is 0 Å². The Kier molecular flexibility index (Phi) is 4.45. The molecule has 1 saturated carbocycles. The van der Waals surface area contributed by atoms with Gasteiger partial charge in [0.2, 0.25) is 0 Å². The van der Waals surface area contributed by atoms with Crippen LogP contribution in [0.3, 0.4) is 0 Å². The summed E-state index contributed by atoms with van der Waals surface area (Å²) in [6.07, 6.45) is 0.267. The van der Waals surface area contributed by atoms with Gasteiger partial charge in [0, 0.05) is 12.6 Å². The molecule has 2 rings (SSSR count). The van der Waals surface area contributed by atoms with E-state index in [-0.39, 0.29) is 5.69 Å². The first kappa shape index (κ1) is 14.3. The summed E-state index contributed by atoms with van der Waals surface area (Å²) in [7, 11) is 0. The number of nitrogens with one attached hydrogen (secondary N) is 1. The van der Waals surface area contributed by atoms with Crippen LogP contribution in [0.2, 0.25) is 0 Å². The maximum Gasteiger partial charge on any atom is 0.418 e. The summed E-state index contributed by atoms with van der Waals surface area (Å²) in [5, 5.41) is 3.32. The highest BCUT2D eigenvalue weighted by Crippen LogP contribution is 2.32. The summed E-state index contributed by atoms with van der Waals surface area (Å²) in [5.41, 5.74) is 0.271. The van der Waals surface area contributed by atoms with Gasteiger partial charge in [-0.1, -0.05) is 19.8 Å². The second-order valence-corrected chi connectivity index (χ2v) is 5.05. The van der Waals surface area contributed by atoms with Crippen molar-refractivity contribution in [1.29, 1.82) is 0 Å². The number of aromatic nitrogens is 1. The van der Waals surface area contributed by atoms with E-state index in [9.17, 15) is 13.2 Å². The zero-order chi connectivity index (χ0) is 13.9. The molecule has 19 heavy (non-hydrogen) atoms. The maximum absolute atomic E-state index is 12.8. The van der Waals surface area contributed by atoms with Crippen molar-refractivity contribution in [2.24, 2.45) is 0 Å². The van der Waals surface area contributed by atoms with Crippen molar-refractivity contribution >= 4 is 0 Å². The molecular weight excluding hydrogens is 253 g/mol. The summed E-state index contributed by atoms with van der Waals surface area (Å²) in [6.45, 7) is 2.42. The predicted octanol–water partition coefficient (Wildman–Crippen LogP) is 3.70. The Morgan fingerprint density at radius 3 is 2.58 bits per heavy atom. The van der Waals surface area contributed by atoms with Crippen LogP contribution in [0.5, 0.6) is 0 Å². The van der Waals surface area contributed by atoms with Gasteiger partial charge in [0.1, 0.15) is 0 Å². The van der Waals surface area contributed by atoms with Crippen molar-refractivity contribution < 1.29 is 13.2 Å². The average molecular weight is 272 g/mol. The average Bonchev–Trinajstić information content (AvgIpc) is 2.26. The zero-order valence-corrected chi connectivity index (χ0v) is 11.1. The van der Waals surface area contributed by atoms with Gasteiger partial charge < -0.3 is 5.32 Å². The molecule has 0 radical (unpaired) electrons. The molecule has 0 amide bonds. The van der Waals surface area contributed by atoms with Gasteiger partial charge in [-0.25, -0.2) is 0 Å². The highest BCUT2D eigenvalue weighted by molar-refractivity contribution is 5.26. The minimum absolute atomic E-state index is 0.169. The van der Waals surface area contributed by atoms with E-state index in [4.69, 9.17) is 0 Å². The minimum atomic E-state index is -4.31. The van der Waals surface area contributed by atoms with Crippen LogP contribution in [0.15, 0.2) is 12.1 Å². The van der Waals surface area contributed by atoms with Crippen molar-refractivity contribution in [3.63, 3.8) is 0 Å². The highest BCUT2D eigenvalue weighted by Gasteiger charge is 2.33. The summed E-state index contributed by atoms with van der Waals surface area (Å²) in [6, 6.07) is 3.15. The monoisotopic (exact) mass is 272 g/mol. The molecule has 0 aliphatic heterocycles. The third-order valence-electron chi connectivity index (χ3n) is 3.50. The summed E-state index contributed by atoms with van der Waals surface area (Å²) >= 11 is 0. The van der Waals surface area contributed by atoms with Gasteiger partial charge in [0.25, 0.3) is 0 Å². The first-order chi connectivity index (χ1) is 9.00. The van der Waals surface area contributed by atoms with Crippen LogP contribution in [0, 0.1) is 0 Å². The second-order valence-electron chi connectivity index (χ2n) is 5.05. The van der Waals surface area contributed by atoms with Gasteiger partial charge in [0.05, 0.1) is 17.0 Å². The zero-order valence-electron chi connectivity index (χ0n) is 11.1. The molecule has 0 unspecified atom stereocenters. The topological polar surface area (TPSA) is 24.9 Å². The Morgan fingerprint density at radius 1 is 1.32 bits per heavy atom. The quantitative estimate of drug-likeness (QED) is 0.884. The number of nitrogens with zero attached hydrogens (tertiary/aromatic N) is 1. The summed E-state index contributed by atoms with van der Waals surface area (Å²) < 4.78 is 38.5. The molecule has 5 heteroatoms. The Morgan fingerprint density at radius 2 is 2.05 bits per heavy atom. The molecule has 1 heterocycles. The first-order valence-electron chi connectivity index (χ1n) is 6.80. The van der Waals surface area contributed by atoms with E-state index in [2.05, 4.69) is 10.3 Å². The normalized spacial score (nSPS) is 16.4. The third kappa shape index (κ3) is 3.69. The molecule has 1 N–H and O–H groups in total. The maximum atomic E-state index is 12.8. The van der Waals surface area contributed by atoms with Gasteiger partial charge in [0.15, 0.2) is 0 Å². The van der Waals surface area contributed by atoms with E-state index in [0.29, 0.717) is 31.1 Å². The Bertz CT molecular complexity index is 425. The Balaban J connectivity index is 2.10. The molecule has 106 valence electrons. The molecular formula is C14H19F3N2. The largest absolute Gasteiger partial charge is 0.418 e. The minimum Gasteiger partial charge on any atom is -0.308 e. The molecule has 1 aromatic rings. The number of aryl methyl sites for hydroxylation is 1. The van der Waals surface area contributed by atoms with Crippen LogP contribution >= 0.6 is 0 Å². The van der Waals surface area contributed by atoms with E-state index in [1.165, 1.54) is 12.5 Å². The van der Waals surface area contributed by atoms with Crippen molar-refractivity contribution in [2.45, 2.75) is 57.8 Å². The molecule has 0 spiro atoms. The van der Waals surface area contributed by atoms with Gasteiger partial charge in [-0.15, -0.1) is 0 Å². The highest BCUT2D eigenvalue weighted by atomic mass is 19.4. The number of hydrogen-bond donors (Lipinski definition) is 1. The van der Waals surface area contributed by atoms with Crippen LogP contribution in [-0.2, 0) is 19.1 Å². The van der Waals surface area contributed by atoms with Crippen molar-refractivity contribution in [1.82, 2.24) is 10.3 Å². The van der Waals surface area contributed by atoms with Gasteiger partial charge in [-0.05, 0) is 31.4 Å². The predicted molar refractivity (Wildman–Crippen MR) is 67.7 cm³/mol. The molecule has 1 fully saturated rings. The lowest BCUT2D eigenvalue weighted by Crippen LogP contribution is -2.34. The first-order valence-corrected chi connectivity index (χ1v) is 6.80. The van der Waals surface area contributed by atoms with Gasteiger partial charge in [-0.2, -0.15) is 13.2 Å². The van der Waals surface area contributed by atoms with E-state index in [1.807, 2.05) is 6.92 Å².